The number of nitrogens with two attached hydrogens (primary N) is 1. The van der Waals surface area contributed by atoms with Crippen LogP contribution < -0.4 is 20.5 Å². The average Bonchev–Trinajstić information content (AvgIpc) is 2.43. The van der Waals surface area contributed by atoms with Gasteiger partial charge in [-0.1, -0.05) is 6.42 Å². The molecule has 1 aromatic rings. The molecule has 1 aliphatic rings. The van der Waals surface area contributed by atoms with Crippen molar-refractivity contribution in [2.75, 3.05) is 20.8 Å². The highest BCUT2D eigenvalue weighted by Gasteiger charge is 2.16. The Hall–Kier alpha value is -1.18. The van der Waals surface area contributed by atoms with Gasteiger partial charge in [0.05, 0.1) is 20.8 Å². The first-order chi connectivity index (χ1) is 9.72. The quantitative estimate of drug-likeness (QED) is 0.434. The molecule has 2 rings (SSSR count). The fraction of sp³-hybridized carbons (Fsp3) is 0.533. The zero-order valence-corrected chi connectivity index (χ0v) is 14.9. The van der Waals surface area contributed by atoms with E-state index in [-0.39, 0.29) is 24.0 Å². The SMILES string of the molecule is COc1ccc(CN=C(N)NCC2CCC2)c(OC)c1.I. The van der Waals surface area contributed by atoms with Crippen molar-refractivity contribution in [2.45, 2.75) is 25.8 Å². The Morgan fingerprint density at radius 2 is 2.10 bits per heavy atom. The lowest BCUT2D eigenvalue weighted by Gasteiger charge is -2.25. The Balaban J connectivity index is 0.00000220. The Morgan fingerprint density at radius 3 is 2.67 bits per heavy atom. The van der Waals surface area contributed by atoms with Crippen molar-refractivity contribution in [2.24, 2.45) is 16.6 Å². The molecule has 118 valence electrons. The third-order valence-corrected chi connectivity index (χ3v) is 3.71. The molecule has 0 amide bonds. The molecule has 0 aliphatic heterocycles. The topological polar surface area (TPSA) is 68.9 Å². The van der Waals surface area contributed by atoms with Gasteiger partial charge in [-0.15, -0.1) is 24.0 Å². The van der Waals surface area contributed by atoms with Gasteiger partial charge in [-0.25, -0.2) is 4.99 Å². The second kappa shape index (κ2) is 8.96. The Bertz CT molecular complexity index is 476. The maximum atomic E-state index is 5.87. The third kappa shape index (κ3) is 5.26. The minimum absolute atomic E-state index is 0. The number of rotatable bonds is 6. The van der Waals surface area contributed by atoms with Crippen LogP contribution in [0.3, 0.4) is 0 Å². The maximum Gasteiger partial charge on any atom is 0.188 e. The summed E-state index contributed by atoms with van der Waals surface area (Å²) in [4.78, 5) is 4.35. The van der Waals surface area contributed by atoms with Crippen molar-refractivity contribution in [3.8, 4) is 11.5 Å². The van der Waals surface area contributed by atoms with Gasteiger partial charge in [-0.2, -0.15) is 0 Å². The average molecular weight is 405 g/mol. The summed E-state index contributed by atoms with van der Waals surface area (Å²) >= 11 is 0. The van der Waals surface area contributed by atoms with E-state index in [0.717, 1.165) is 29.5 Å². The minimum atomic E-state index is 0. The standard InChI is InChI=1S/C15H23N3O2.HI/c1-19-13-7-6-12(14(8-13)20-2)10-18-15(16)17-9-11-4-3-5-11;/h6-8,11H,3-5,9-10H2,1-2H3,(H3,16,17,18);1H. The van der Waals surface area contributed by atoms with Crippen molar-refractivity contribution in [1.29, 1.82) is 0 Å². The molecule has 0 spiro atoms. The van der Waals surface area contributed by atoms with Gasteiger partial charge in [-0.3, -0.25) is 0 Å². The molecule has 6 heteroatoms. The summed E-state index contributed by atoms with van der Waals surface area (Å²) in [6.07, 6.45) is 3.94. The summed E-state index contributed by atoms with van der Waals surface area (Å²) in [6.45, 7) is 1.42. The summed E-state index contributed by atoms with van der Waals surface area (Å²) in [6, 6.07) is 5.69. The lowest BCUT2D eigenvalue weighted by Crippen LogP contribution is -2.37. The fourth-order valence-corrected chi connectivity index (χ4v) is 2.15. The van der Waals surface area contributed by atoms with E-state index in [2.05, 4.69) is 10.3 Å². The van der Waals surface area contributed by atoms with E-state index in [1.165, 1.54) is 19.3 Å². The van der Waals surface area contributed by atoms with E-state index in [1.54, 1.807) is 14.2 Å². The third-order valence-electron chi connectivity index (χ3n) is 3.71. The van der Waals surface area contributed by atoms with Crippen molar-refractivity contribution in [1.82, 2.24) is 5.32 Å². The van der Waals surface area contributed by atoms with Gasteiger partial charge in [0.2, 0.25) is 0 Å². The van der Waals surface area contributed by atoms with Crippen molar-refractivity contribution in [3.63, 3.8) is 0 Å². The van der Waals surface area contributed by atoms with Crippen LogP contribution in [0.25, 0.3) is 0 Å². The van der Waals surface area contributed by atoms with E-state index in [0.29, 0.717) is 12.5 Å². The molecule has 0 saturated heterocycles. The lowest BCUT2D eigenvalue weighted by molar-refractivity contribution is 0.315. The number of hydrogen-bond donors (Lipinski definition) is 2. The van der Waals surface area contributed by atoms with E-state index in [9.17, 15) is 0 Å². The molecular weight excluding hydrogens is 381 g/mol. The second-order valence-corrected chi connectivity index (χ2v) is 5.06. The second-order valence-electron chi connectivity index (χ2n) is 5.06. The summed E-state index contributed by atoms with van der Waals surface area (Å²) in [7, 11) is 3.27. The van der Waals surface area contributed by atoms with E-state index in [4.69, 9.17) is 15.2 Å². The van der Waals surface area contributed by atoms with Gasteiger partial charge < -0.3 is 20.5 Å². The van der Waals surface area contributed by atoms with Gasteiger partial charge in [0, 0.05) is 18.2 Å². The number of nitrogens with one attached hydrogen (secondary N) is 1. The molecule has 21 heavy (non-hydrogen) atoms. The maximum absolute atomic E-state index is 5.87. The lowest BCUT2D eigenvalue weighted by atomic mass is 9.85. The van der Waals surface area contributed by atoms with Crippen LogP contribution in [0.2, 0.25) is 0 Å². The first kappa shape index (κ1) is 17.9. The van der Waals surface area contributed by atoms with Gasteiger partial charge in [0.15, 0.2) is 5.96 Å². The number of aliphatic imine (C=N–C) groups is 1. The van der Waals surface area contributed by atoms with Gasteiger partial charge in [-0.05, 0) is 30.9 Å². The Kier molecular flexibility index (Phi) is 7.63. The summed E-state index contributed by atoms with van der Waals surface area (Å²) in [5.74, 6) is 2.79. The molecule has 1 saturated carbocycles. The van der Waals surface area contributed by atoms with Gasteiger partial charge in [0.1, 0.15) is 11.5 Å². The van der Waals surface area contributed by atoms with Crippen molar-refractivity contribution < 1.29 is 9.47 Å². The molecule has 0 bridgehead atoms. The molecule has 1 fully saturated rings. The number of benzene rings is 1. The highest BCUT2D eigenvalue weighted by molar-refractivity contribution is 14.0. The molecule has 0 aromatic heterocycles. The number of guanidine groups is 1. The van der Waals surface area contributed by atoms with Crippen LogP contribution in [0.5, 0.6) is 11.5 Å². The van der Waals surface area contributed by atoms with Gasteiger partial charge in [0.25, 0.3) is 0 Å². The Labute approximate surface area is 143 Å². The summed E-state index contributed by atoms with van der Waals surface area (Å²) in [5, 5.41) is 3.18. The molecular formula is C15H24IN3O2. The smallest absolute Gasteiger partial charge is 0.188 e. The van der Waals surface area contributed by atoms with Gasteiger partial charge >= 0.3 is 0 Å². The molecule has 0 radical (unpaired) electrons. The molecule has 5 nitrogen and oxygen atoms in total. The fourth-order valence-electron chi connectivity index (χ4n) is 2.15. The first-order valence-corrected chi connectivity index (χ1v) is 6.97. The summed E-state index contributed by atoms with van der Waals surface area (Å²) < 4.78 is 10.5. The summed E-state index contributed by atoms with van der Waals surface area (Å²) in [5.41, 5.74) is 6.86. The Morgan fingerprint density at radius 1 is 1.33 bits per heavy atom. The van der Waals surface area contributed by atoms with Crippen LogP contribution in [-0.2, 0) is 6.54 Å². The minimum Gasteiger partial charge on any atom is -0.497 e. The molecule has 0 atom stereocenters. The number of hydrogen-bond acceptors (Lipinski definition) is 3. The predicted octanol–water partition coefficient (Wildman–Crippen LogP) is 2.53. The molecule has 0 heterocycles. The van der Waals surface area contributed by atoms with Crippen LogP contribution in [0, 0.1) is 5.92 Å². The number of nitrogens with zero attached hydrogens (tertiary/aromatic N) is 1. The van der Waals surface area contributed by atoms with Crippen LogP contribution in [-0.4, -0.2) is 26.7 Å². The zero-order chi connectivity index (χ0) is 14.4. The largest absolute Gasteiger partial charge is 0.497 e. The number of halogens is 1. The first-order valence-electron chi connectivity index (χ1n) is 6.97. The van der Waals surface area contributed by atoms with E-state index >= 15 is 0 Å². The molecule has 1 aliphatic carbocycles. The number of ether oxygens (including phenoxy) is 2. The predicted molar refractivity (Wildman–Crippen MR) is 95.6 cm³/mol. The molecule has 3 N–H and O–H groups in total. The van der Waals surface area contributed by atoms with E-state index < -0.39 is 0 Å². The molecule has 1 aromatic carbocycles. The van der Waals surface area contributed by atoms with Crippen molar-refractivity contribution >= 4 is 29.9 Å². The highest BCUT2D eigenvalue weighted by atomic mass is 127. The normalized spacial score (nSPS) is 14.9. The van der Waals surface area contributed by atoms with E-state index in [1.807, 2.05) is 18.2 Å². The zero-order valence-electron chi connectivity index (χ0n) is 12.6. The molecule has 0 unspecified atom stereocenters. The van der Waals surface area contributed by atoms with Crippen LogP contribution in [0.1, 0.15) is 24.8 Å². The number of methoxy groups -OCH3 is 2. The highest BCUT2D eigenvalue weighted by Crippen LogP contribution is 2.26. The van der Waals surface area contributed by atoms with Crippen LogP contribution in [0.4, 0.5) is 0 Å². The monoisotopic (exact) mass is 405 g/mol. The van der Waals surface area contributed by atoms with Crippen molar-refractivity contribution in [3.05, 3.63) is 23.8 Å². The van der Waals surface area contributed by atoms with Crippen LogP contribution >= 0.6 is 24.0 Å². The van der Waals surface area contributed by atoms with Crippen LogP contribution in [0.15, 0.2) is 23.2 Å².